The molecule has 0 saturated carbocycles. The zero-order chi connectivity index (χ0) is 16.2. The SMILES string of the molecule is C[Si](C)(C)CCOCn1cc(N2C=CC(=O)[C@H](CCl)N2)cn1. The molecule has 2 rings (SSSR count). The van der Waals surface area contributed by atoms with E-state index in [-0.39, 0.29) is 11.7 Å². The third-order valence-corrected chi connectivity index (χ3v) is 5.31. The van der Waals surface area contributed by atoms with E-state index in [4.69, 9.17) is 16.3 Å². The van der Waals surface area contributed by atoms with Crippen LogP contribution >= 0.6 is 11.6 Å². The Bertz CT molecular complexity index is 541. The first kappa shape index (κ1) is 17.2. The number of rotatable bonds is 7. The number of nitrogens with zero attached hydrogens (tertiary/aromatic N) is 3. The maximum atomic E-state index is 11.6. The molecular formula is C14H23ClN4O2Si. The van der Waals surface area contributed by atoms with E-state index >= 15 is 0 Å². The number of hydrogen-bond acceptors (Lipinski definition) is 5. The molecule has 0 radical (unpaired) electrons. The summed E-state index contributed by atoms with van der Waals surface area (Å²) in [5.41, 5.74) is 3.89. The normalized spacial score (nSPS) is 19.0. The average Bonchev–Trinajstić information content (AvgIpc) is 2.92. The van der Waals surface area contributed by atoms with Crippen LogP contribution in [-0.2, 0) is 16.3 Å². The van der Waals surface area contributed by atoms with Gasteiger partial charge in [-0.15, -0.1) is 11.6 Å². The van der Waals surface area contributed by atoms with Crippen LogP contribution in [0.3, 0.4) is 0 Å². The van der Waals surface area contributed by atoms with Crippen molar-refractivity contribution >= 4 is 31.1 Å². The fourth-order valence-corrected chi connectivity index (χ4v) is 2.87. The van der Waals surface area contributed by atoms with E-state index in [0.717, 1.165) is 18.3 Å². The lowest BCUT2D eigenvalue weighted by Gasteiger charge is -2.27. The number of carbonyl (C=O) groups is 1. The van der Waals surface area contributed by atoms with Crippen molar-refractivity contribution in [2.45, 2.75) is 38.5 Å². The summed E-state index contributed by atoms with van der Waals surface area (Å²) in [6.07, 6.45) is 6.79. The Balaban J connectivity index is 1.86. The molecule has 1 aliphatic heterocycles. The van der Waals surface area contributed by atoms with Gasteiger partial charge in [0, 0.05) is 32.8 Å². The minimum atomic E-state index is -1.06. The summed E-state index contributed by atoms with van der Waals surface area (Å²) in [5, 5.41) is 6.01. The van der Waals surface area contributed by atoms with Gasteiger partial charge in [0.1, 0.15) is 12.8 Å². The van der Waals surface area contributed by atoms with E-state index in [1.54, 1.807) is 22.1 Å². The second-order valence-corrected chi connectivity index (χ2v) is 12.4. The minimum absolute atomic E-state index is 0.0201. The molecule has 1 N–H and O–H groups in total. The van der Waals surface area contributed by atoms with Gasteiger partial charge in [0.2, 0.25) is 0 Å². The molecule has 22 heavy (non-hydrogen) atoms. The number of aromatic nitrogens is 2. The van der Waals surface area contributed by atoms with Crippen molar-refractivity contribution in [3.05, 3.63) is 24.7 Å². The molecule has 0 unspecified atom stereocenters. The lowest BCUT2D eigenvalue weighted by atomic mass is 10.2. The molecule has 122 valence electrons. The largest absolute Gasteiger partial charge is 0.360 e. The summed E-state index contributed by atoms with van der Waals surface area (Å²) in [5.74, 6) is 0.210. The summed E-state index contributed by atoms with van der Waals surface area (Å²) in [6.45, 7) is 8.16. The molecule has 6 nitrogen and oxygen atoms in total. The molecule has 0 bridgehead atoms. The summed E-state index contributed by atoms with van der Waals surface area (Å²) in [6, 6.07) is 0.736. The first-order valence-electron chi connectivity index (χ1n) is 7.33. The monoisotopic (exact) mass is 342 g/mol. The third-order valence-electron chi connectivity index (χ3n) is 3.30. The first-order chi connectivity index (χ1) is 10.4. The highest BCUT2D eigenvalue weighted by molar-refractivity contribution is 6.76. The van der Waals surface area contributed by atoms with Crippen molar-refractivity contribution in [2.75, 3.05) is 17.5 Å². The van der Waals surface area contributed by atoms with Crippen molar-refractivity contribution in [1.29, 1.82) is 0 Å². The molecule has 0 fully saturated rings. The van der Waals surface area contributed by atoms with Crippen molar-refractivity contribution in [1.82, 2.24) is 15.2 Å². The van der Waals surface area contributed by atoms with Gasteiger partial charge in [-0.25, -0.2) is 10.1 Å². The highest BCUT2D eigenvalue weighted by atomic mass is 35.5. The maximum Gasteiger partial charge on any atom is 0.177 e. The molecule has 0 spiro atoms. The Kier molecular flexibility index (Phi) is 5.79. The zero-order valence-electron chi connectivity index (χ0n) is 13.3. The highest BCUT2D eigenvalue weighted by Crippen LogP contribution is 2.15. The number of carbonyl (C=O) groups excluding carboxylic acids is 1. The molecule has 0 aliphatic carbocycles. The van der Waals surface area contributed by atoms with Crippen molar-refractivity contribution in [3.8, 4) is 0 Å². The predicted molar refractivity (Wildman–Crippen MR) is 90.6 cm³/mol. The molecule has 2 heterocycles. The van der Waals surface area contributed by atoms with Gasteiger partial charge in [-0.05, 0) is 6.04 Å². The summed E-state index contributed by atoms with van der Waals surface area (Å²) >= 11 is 5.77. The van der Waals surface area contributed by atoms with Crippen LogP contribution in [0.15, 0.2) is 24.7 Å². The van der Waals surface area contributed by atoms with E-state index in [9.17, 15) is 4.79 Å². The molecule has 0 aromatic carbocycles. The Morgan fingerprint density at radius 2 is 2.23 bits per heavy atom. The maximum absolute atomic E-state index is 11.6. The smallest absolute Gasteiger partial charge is 0.177 e. The lowest BCUT2D eigenvalue weighted by molar-refractivity contribution is -0.116. The van der Waals surface area contributed by atoms with E-state index < -0.39 is 14.1 Å². The van der Waals surface area contributed by atoms with Crippen LogP contribution < -0.4 is 10.4 Å². The molecule has 1 atom stereocenters. The Hall–Kier alpha value is -1.15. The van der Waals surface area contributed by atoms with Gasteiger partial charge in [0.05, 0.1) is 18.1 Å². The van der Waals surface area contributed by atoms with Gasteiger partial charge in [0.25, 0.3) is 0 Å². The topological polar surface area (TPSA) is 59.4 Å². The van der Waals surface area contributed by atoms with Gasteiger partial charge in [-0.2, -0.15) is 5.10 Å². The van der Waals surface area contributed by atoms with Gasteiger partial charge in [-0.1, -0.05) is 19.6 Å². The first-order valence-corrected chi connectivity index (χ1v) is 11.6. The second-order valence-electron chi connectivity index (χ2n) is 6.51. The Morgan fingerprint density at radius 1 is 1.45 bits per heavy atom. The Morgan fingerprint density at radius 3 is 2.91 bits per heavy atom. The van der Waals surface area contributed by atoms with Crippen molar-refractivity contribution in [3.63, 3.8) is 0 Å². The number of hydrazine groups is 1. The number of ketones is 1. The molecular weight excluding hydrogens is 320 g/mol. The van der Waals surface area contributed by atoms with Crippen LogP contribution in [0.2, 0.25) is 25.7 Å². The predicted octanol–water partition coefficient (Wildman–Crippen LogP) is 2.21. The van der Waals surface area contributed by atoms with Gasteiger partial charge >= 0.3 is 0 Å². The average molecular weight is 343 g/mol. The second kappa shape index (κ2) is 7.41. The molecule has 0 amide bonds. The molecule has 1 aromatic rings. The molecule has 8 heteroatoms. The van der Waals surface area contributed by atoms with Gasteiger partial charge in [-0.3, -0.25) is 9.80 Å². The minimum Gasteiger partial charge on any atom is -0.360 e. The van der Waals surface area contributed by atoms with E-state index in [1.807, 2.05) is 6.20 Å². The number of halogens is 1. The summed E-state index contributed by atoms with van der Waals surface area (Å²) in [7, 11) is -1.06. The number of nitrogens with one attached hydrogen (secondary N) is 1. The van der Waals surface area contributed by atoms with Crippen LogP contribution in [0.4, 0.5) is 5.69 Å². The van der Waals surface area contributed by atoms with Gasteiger partial charge in [0.15, 0.2) is 5.78 Å². The van der Waals surface area contributed by atoms with E-state index in [0.29, 0.717) is 6.73 Å². The lowest BCUT2D eigenvalue weighted by Crippen LogP contribution is -2.49. The summed E-state index contributed by atoms with van der Waals surface area (Å²) < 4.78 is 7.40. The van der Waals surface area contributed by atoms with Crippen LogP contribution in [0.1, 0.15) is 0 Å². The van der Waals surface area contributed by atoms with Crippen LogP contribution in [0.25, 0.3) is 0 Å². The number of anilines is 1. The molecule has 1 aliphatic rings. The number of alkyl halides is 1. The number of ether oxygens (including phenoxy) is 1. The standard InChI is InChI=1S/C14H23ClN4O2Si/c1-22(2,3)7-6-21-11-18-10-12(9-16-18)19-5-4-14(20)13(8-15)17-19/h4-5,9-10,13,17H,6-8,11H2,1-3H3/t13-/m0/s1. The molecule has 0 saturated heterocycles. The fourth-order valence-electron chi connectivity index (χ4n) is 1.89. The van der Waals surface area contributed by atoms with Gasteiger partial charge < -0.3 is 4.74 Å². The van der Waals surface area contributed by atoms with E-state index in [1.165, 1.54) is 6.08 Å². The quantitative estimate of drug-likeness (QED) is 0.467. The van der Waals surface area contributed by atoms with Crippen LogP contribution in [0.5, 0.6) is 0 Å². The zero-order valence-corrected chi connectivity index (χ0v) is 15.0. The number of hydrogen-bond donors (Lipinski definition) is 1. The van der Waals surface area contributed by atoms with Crippen molar-refractivity contribution < 1.29 is 9.53 Å². The summed E-state index contributed by atoms with van der Waals surface area (Å²) in [4.78, 5) is 11.6. The highest BCUT2D eigenvalue weighted by Gasteiger charge is 2.22. The van der Waals surface area contributed by atoms with Crippen LogP contribution in [-0.4, -0.2) is 42.2 Å². The fraction of sp³-hybridized carbons (Fsp3) is 0.571. The van der Waals surface area contributed by atoms with E-state index in [2.05, 4.69) is 30.2 Å². The molecule has 1 aromatic heterocycles. The van der Waals surface area contributed by atoms with Crippen LogP contribution in [0, 0.1) is 0 Å². The van der Waals surface area contributed by atoms with Crippen molar-refractivity contribution in [2.24, 2.45) is 0 Å². The Labute approximate surface area is 137 Å². The third kappa shape index (κ3) is 4.94.